The van der Waals surface area contributed by atoms with Gasteiger partial charge in [0.1, 0.15) is 5.69 Å². The lowest BCUT2D eigenvalue weighted by molar-refractivity contribution is -0.137. The highest BCUT2D eigenvalue weighted by Gasteiger charge is 2.33. The number of hydrogen-bond acceptors (Lipinski definition) is 2. The van der Waals surface area contributed by atoms with Crippen molar-refractivity contribution < 1.29 is 23.1 Å². The zero-order valence-corrected chi connectivity index (χ0v) is 14.4. The van der Waals surface area contributed by atoms with Crippen molar-refractivity contribution in [1.29, 1.82) is 0 Å². The molecule has 4 nitrogen and oxygen atoms in total. The fourth-order valence-corrected chi connectivity index (χ4v) is 3.06. The first-order chi connectivity index (χ1) is 11.1. The Morgan fingerprint density at radius 2 is 1.79 bits per heavy atom. The predicted octanol–water partition coefficient (Wildman–Crippen LogP) is 5.50. The molecular weight excluding hydrogens is 392 g/mol. The Balaban J connectivity index is 2.73. The molecule has 0 spiro atoms. The van der Waals surface area contributed by atoms with Gasteiger partial charge in [0.25, 0.3) is 0 Å². The van der Waals surface area contributed by atoms with E-state index in [-0.39, 0.29) is 20.8 Å². The molecule has 1 aromatic carbocycles. The van der Waals surface area contributed by atoms with Gasteiger partial charge >= 0.3 is 12.1 Å². The van der Waals surface area contributed by atoms with E-state index in [0.717, 1.165) is 4.68 Å². The molecule has 24 heavy (non-hydrogen) atoms. The standard InChI is InChI=1S/C14H10Cl3F3N2O2/c1-2-3-9-10(17)12(13(23)24)22(21-9)11-7(15)4-6(5-8(11)16)14(18,19)20/h4-5H,2-3H2,1H3,(H,23,24). The lowest BCUT2D eigenvalue weighted by Crippen LogP contribution is -2.11. The van der Waals surface area contributed by atoms with Crippen molar-refractivity contribution in [3.05, 3.63) is 44.2 Å². The Morgan fingerprint density at radius 1 is 1.25 bits per heavy atom. The van der Waals surface area contributed by atoms with Gasteiger partial charge < -0.3 is 5.11 Å². The van der Waals surface area contributed by atoms with Gasteiger partial charge in [-0.1, -0.05) is 48.1 Å². The lowest BCUT2D eigenvalue weighted by atomic mass is 10.2. The van der Waals surface area contributed by atoms with Crippen LogP contribution in [0.1, 0.15) is 35.1 Å². The number of benzene rings is 1. The number of carboxylic acids is 1. The molecule has 1 heterocycles. The van der Waals surface area contributed by atoms with Crippen LogP contribution >= 0.6 is 34.8 Å². The van der Waals surface area contributed by atoms with Crippen LogP contribution in [0.2, 0.25) is 15.1 Å². The molecule has 1 aromatic heterocycles. The quantitative estimate of drug-likeness (QED) is 0.736. The summed E-state index contributed by atoms with van der Waals surface area (Å²) in [6.07, 6.45) is -3.61. The highest BCUT2D eigenvalue weighted by atomic mass is 35.5. The highest BCUT2D eigenvalue weighted by molar-refractivity contribution is 6.38. The van der Waals surface area contributed by atoms with E-state index >= 15 is 0 Å². The highest BCUT2D eigenvalue weighted by Crippen LogP contribution is 2.38. The summed E-state index contributed by atoms with van der Waals surface area (Å²) in [5.41, 5.74) is -1.34. The van der Waals surface area contributed by atoms with Gasteiger partial charge in [-0.25, -0.2) is 9.48 Å². The Morgan fingerprint density at radius 3 is 2.21 bits per heavy atom. The molecule has 0 saturated heterocycles. The minimum absolute atomic E-state index is 0.101. The number of nitrogens with zero attached hydrogens (tertiary/aromatic N) is 2. The second kappa shape index (κ2) is 6.82. The van der Waals surface area contributed by atoms with Crippen LogP contribution in [0.15, 0.2) is 12.1 Å². The van der Waals surface area contributed by atoms with E-state index in [4.69, 9.17) is 34.8 Å². The summed E-state index contributed by atoms with van der Waals surface area (Å²) >= 11 is 17.8. The summed E-state index contributed by atoms with van der Waals surface area (Å²) in [6, 6.07) is 1.31. The number of carboxylic acid groups (broad SMARTS) is 1. The second-order valence-corrected chi connectivity index (χ2v) is 6.05. The number of aromatic nitrogens is 2. The predicted molar refractivity (Wildman–Crippen MR) is 84.6 cm³/mol. The Bertz CT molecular complexity index is 780. The first-order valence-corrected chi connectivity index (χ1v) is 7.78. The van der Waals surface area contributed by atoms with Crippen LogP contribution in [0.5, 0.6) is 0 Å². The molecule has 0 aliphatic carbocycles. The maximum atomic E-state index is 12.8. The monoisotopic (exact) mass is 400 g/mol. The molecule has 2 aromatic rings. The number of aryl methyl sites for hydroxylation is 1. The molecule has 2 rings (SSSR count). The second-order valence-electron chi connectivity index (χ2n) is 4.86. The van der Waals surface area contributed by atoms with Gasteiger partial charge in [-0.05, 0) is 18.6 Å². The maximum absolute atomic E-state index is 12.8. The summed E-state index contributed by atoms with van der Waals surface area (Å²) in [5.74, 6) is -1.40. The van der Waals surface area contributed by atoms with Crippen molar-refractivity contribution in [1.82, 2.24) is 9.78 Å². The van der Waals surface area contributed by atoms with Crippen LogP contribution in [-0.4, -0.2) is 20.9 Å². The molecule has 0 atom stereocenters. The molecule has 0 radical (unpaired) electrons. The van der Waals surface area contributed by atoms with E-state index in [0.29, 0.717) is 30.7 Å². The fourth-order valence-electron chi connectivity index (χ4n) is 2.12. The molecule has 0 saturated carbocycles. The van der Waals surface area contributed by atoms with Crippen molar-refractivity contribution in [2.24, 2.45) is 0 Å². The Labute approximate surface area is 149 Å². The van der Waals surface area contributed by atoms with Crippen LogP contribution < -0.4 is 0 Å². The summed E-state index contributed by atoms with van der Waals surface area (Å²) in [6.45, 7) is 1.84. The maximum Gasteiger partial charge on any atom is 0.416 e. The summed E-state index contributed by atoms with van der Waals surface area (Å²) in [7, 11) is 0. The SMILES string of the molecule is CCCc1nn(-c2c(Cl)cc(C(F)(F)F)cc2Cl)c(C(=O)O)c1Cl. The lowest BCUT2D eigenvalue weighted by Gasteiger charge is -2.13. The third-order valence-electron chi connectivity index (χ3n) is 3.14. The number of carbonyl (C=O) groups is 1. The number of alkyl halides is 3. The minimum Gasteiger partial charge on any atom is -0.476 e. The zero-order valence-electron chi connectivity index (χ0n) is 12.1. The molecule has 0 aliphatic heterocycles. The number of rotatable bonds is 4. The van der Waals surface area contributed by atoms with Crippen LogP contribution in [0, 0.1) is 0 Å². The van der Waals surface area contributed by atoms with Crippen LogP contribution in [0.4, 0.5) is 13.2 Å². The van der Waals surface area contributed by atoms with E-state index < -0.39 is 23.4 Å². The van der Waals surface area contributed by atoms with Crippen molar-refractivity contribution in [3.63, 3.8) is 0 Å². The van der Waals surface area contributed by atoms with Gasteiger partial charge in [-0.2, -0.15) is 18.3 Å². The van der Waals surface area contributed by atoms with Crippen LogP contribution in [0.25, 0.3) is 5.69 Å². The molecule has 0 amide bonds. The zero-order chi connectivity index (χ0) is 18.2. The van der Waals surface area contributed by atoms with E-state index in [1.165, 1.54) is 0 Å². The van der Waals surface area contributed by atoms with Crippen molar-refractivity contribution >= 4 is 40.8 Å². The van der Waals surface area contributed by atoms with E-state index in [9.17, 15) is 23.1 Å². The smallest absolute Gasteiger partial charge is 0.416 e. The summed E-state index contributed by atoms with van der Waals surface area (Å²) in [4.78, 5) is 11.5. The molecule has 0 bridgehead atoms. The molecule has 130 valence electrons. The van der Waals surface area contributed by atoms with Gasteiger partial charge in [-0.3, -0.25) is 0 Å². The summed E-state index contributed by atoms with van der Waals surface area (Å²) < 4.78 is 39.3. The van der Waals surface area contributed by atoms with Crippen LogP contribution in [-0.2, 0) is 12.6 Å². The molecule has 0 unspecified atom stereocenters. The van der Waals surface area contributed by atoms with Gasteiger partial charge in [0.2, 0.25) is 0 Å². The molecule has 10 heteroatoms. The average Bonchev–Trinajstić information content (AvgIpc) is 2.74. The fraction of sp³-hybridized carbons (Fsp3) is 0.286. The number of halogens is 6. The van der Waals surface area contributed by atoms with Gasteiger partial charge in [0.05, 0.1) is 26.3 Å². The van der Waals surface area contributed by atoms with Gasteiger partial charge in [0, 0.05) is 0 Å². The molecule has 1 N–H and O–H groups in total. The van der Waals surface area contributed by atoms with E-state index in [2.05, 4.69) is 5.10 Å². The van der Waals surface area contributed by atoms with Crippen LogP contribution in [0.3, 0.4) is 0 Å². The van der Waals surface area contributed by atoms with Gasteiger partial charge in [-0.15, -0.1) is 0 Å². The first-order valence-electron chi connectivity index (χ1n) is 6.65. The van der Waals surface area contributed by atoms with E-state index in [1.54, 1.807) is 0 Å². The molecular formula is C14H10Cl3F3N2O2. The third kappa shape index (κ3) is 3.48. The van der Waals surface area contributed by atoms with Crippen molar-refractivity contribution in [2.45, 2.75) is 25.9 Å². The van der Waals surface area contributed by atoms with Crippen molar-refractivity contribution in [2.75, 3.05) is 0 Å². The first kappa shape index (κ1) is 18.9. The number of aromatic carboxylic acids is 1. The third-order valence-corrected chi connectivity index (χ3v) is 4.11. The topological polar surface area (TPSA) is 55.1 Å². The van der Waals surface area contributed by atoms with Gasteiger partial charge in [0.15, 0.2) is 5.69 Å². The Kier molecular flexibility index (Phi) is 5.37. The number of hydrogen-bond donors (Lipinski definition) is 1. The Hall–Kier alpha value is -1.44. The molecule has 0 aliphatic rings. The van der Waals surface area contributed by atoms with Crippen molar-refractivity contribution in [3.8, 4) is 5.69 Å². The average molecular weight is 402 g/mol. The normalized spacial score (nSPS) is 11.8. The summed E-state index contributed by atoms with van der Waals surface area (Å²) in [5, 5.41) is 12.5. The molecule has 0 fully saturated rings. The minimum atomic E-state index is -4.64. The van der Waals surface area contributed by atoms with E-state index in [1.807, 2.05) is 6.92 Å². The largest absolute Gasteiger partial charge is 0.476 e.